The van der Waals surface area contributed by atoms with Gasteiger partial charge in [0.15, 0.2) is 11.5 Å². The fraction of sp³-hybridized carbons (Fsp3) is 0.571. The molecule has 1 aliphatic heterocycles. The summed E-state index contributed by atoms with van der Waals surface area (Å²) in [6.45, 7) is -0.575. The molecule has 0 spiro atoms. The molecule has 0 unspecified atom stereocenters. The van der Waals surface area contributed by atoms with Gasteiger partial charge in [0.1, 0.15) is 30.2 Å². The summed E-state index contributed by atoms with van der Waals surface area (Å²) in [5.41, 5.74) is 0. The van der Waals surface area contributed by atoms with Crippen LogP contribution in [0.1, 0.15) is 0 Å². The van der Waals surface area contributed by atoms with Crippen LogP contribution in [-0.2, 0) is 4.74 Å². The smallest absolute Gasteiger partial charge is 0.229 e. The third-order valence-corrected chi connectivity index (χ3v) is 3.53. The van der Waals surface area contributed by atoms with Crippen molar-refractivity contribution in [3.05, 3.63) is 12.1 Å². The first-order valence-corrected chi connectivity index (χ1v) is 6.85. The summed E-state index contributed by atoms with van der Waals surface area (Å²) in [5.74, 6) is 0.120. The third kappa shape index (κ3) is 3.43. The second-order valence-electron chi connectivity index (χ2n) is 4.99. The van der Waals surface area contributed by atoms with Crippen LogP contribution in [0.3, 0.4) is 0 Å². The lowest BCUT2D eigenvalue weighted by Crippen LogP contribution is -2.60. The first kappa shape index (κ1) is 17.6. The molecule has 23 heavy (non-hydrogen) atoms. The minimum atomic E-state index is -1.57. The van der Waals surface area contributed by atoms with Gasteiger partial charge in [0.25, 0.3) is 0 Å². The van der Waals surface area contributed by atoms with E-state index in [1.165, 1.54) is 26.4 Å². The Labute approximate surface area is 132 Å². The molecule has 9 nitrogen and oxygen atoms in total. The number of phenolic OH excluding ortho intramolecular Hbond substituents is 1. The molecule has 2 rings (SSSR count). The summed E-state index contributed by atoms with van der Waals surface area (Å²) in [7, 11) is 2.68. The van der Waals surface area contributed by atoms with Gasteiger partial charge in [-0.1, -0.05) is 0 Å². The summed E-state index contributed by atoms with van der Waals surface area (Å²) < 4.78 is 20.9. The van der Waals surface area contributed by atoms with Crippen LogP contribution in [0.15, 0.2) is 12.1 Å². The highest BCUT2D eigenvalue weighted by Gasteiger charge is 2.45. The van der Waals surface area contributed by atoms with Crippen LogP contribution in [0.4, 0.5) is 0 Å². The molecule has 1 aromatic carbocycles. The van der Waals surface area contributed by atoms with Crippen LogP contribution in [-0.4, -0.2) is 77.1 Å². The predicted molar refractivity (Wildman–Crippen MR) is 75.6 cm³/mol. The van der Waals surface area contributed by atoms with Crippen molar-refractivity contribution in [2.45, 2.75) is 30.7 Å². The highest BCUT2D eigenvalue weighted by atomic mass is 16.7. The van der Waals surface area contributed by atoms with Crippen LogP contribution in [0, 0.1) is 0 Å². The lowest BCUT2D eigenvalue weighted by molar-refractivity contribution is -0.277. The molecule has 0 amide bonds. The van der Waals surface area contributed by atoms with Crippen LogP contribution in [0.2, 0.25) is 0 Å². The van der Waals surface area contributed by atoms with E-state index in [0.29, 0.717) is 0 Å². The van der Waals surface area contributed by atoms with Crippen molar-refractivity contribution in [1.82, 2.24) is 0 Å². The molecule has 5 atom stereocenters. The van der Waals surface area contributed by atoms with E-state index in [9.17, 15) is 25.5 Å². The van der Waals surface area contributed by atoms with Crippen LogP contribution < -0.4 is 14.2 Å². The summed E-state index contributed by atoms with van der Waals surface area (Å²) >= 11 is 0. The molecule has 1 aromatic rings. The van der Waals surface area contributed by atoms with Gasteiger partial charge in [0.2, 0.25) is 12.0 Å². The maximum absolute atomic E-state index is 9.99. The number of aromatic hydroxyl groups is 1. The molecule has 0 aromatic heterocycles. The van der Waals surface area contributed by atoms with Gasteiger partial charge in [-0.2, -0.15) is 0 Å². The summed E-state index contributed by atoms with van der Waals surface area (Å²) in [4.78, 5) is 0. The van der Waals surface area contributed by atoms with E-state index in [0.717, 1.165) is 0 Å². The molecule has 130 valence electrons. The second kappa shape index (κ2) is 7.20. The molecule has 1 aliphatic rings. The number of hydrogen-bond acceptors (Lipinski definition) is 9. The Bertz CT molecular complexity index is 508. The number of phenols is 1. The normalized spacial score (nSPS) is 30.8. The lowest BCUT2D eigenvalue weighted by Gasteiger charge is -2.39. The average Bonchev–Trinajstić information content (AvgIpc) is 2.55. The molecule has 0 saturated carbocycles. The van der Waals surface area contributed by atoms with Crippen molar-refractivity contribution in [3.63, 3.8) is 0 Å². The standard InChI is InChI=1S/C14H20O9/c1-20-7-3-6(16)4-8(21-2)13(7)23-14-12(19)11(18)10(17)9(5-15)22-14/h3-4,9-12,14-19H,5H2,1-2H3/t9-,10-,11+,12-,14-/m0/s1. The van der Waals surface area contributed by atoms with Crippen LogP contribution in [0.25, 0.3) is 0 Å². The van der Waals surface area contributed by atoms with Gasteiger partial charge in [0.05, 0.1) is 20.8 Å². The summed E-state index contributed by atoms with van der Waals surface area (Å²) in [6, 6.07) is 2.53. The zero-order valence-corrected chi connectivity index (χ0v) is 12.6. The third-order valence-electron chi connectivity index (χ3n) is 3.53. The monoisotopic (exact) mass is 332 g/mol. The van der Waals surface area contributed by atoms with Gasteiger partial charge < -0.3 is 44.5 Å². The molecular formula is C14H20O9. The Kier molecular flexibility index (Phi) is 5.50. The topological polar surface area (TPSA) is 138 Å². The van der Waals surface area contributed by atoms with Crippen LogP contribution in [0.5, 0.6) is 23.0 Å². The maximum Gasteiger partial charge on any atom is 0.229 e. The number of methoxy groups -OCH3 is 2. The average molecular weight is 332 g/mol. The first-order chi connectivity index (χ1) is 10.9. The van der Waals surface area contributed by atoms with Gasteiger partial charge in [-0.15, -0.1) is 0 Å². The number of benzene rings is 1. The van der Waals surface area contributed by atoms with E-state index >= 15 is 0 Å². The first-order valence-electron chi connectivity index (χ1n) is 6.85. The van der Waals surface area contributed by atoms with E-state index in [1.807, 2.05) is 0 Å². The number of ether oxygens (including phenoxy) is 4. The van der Waals surface area contributed by atoms with E-state index in [4.69, 9.17) is 18.9 Å². The Balaban J connectivity index is 2.30. The molecule has 1 saturated heterocycles. The highest BCUT2D eigenvalue weighted by molar-refractivity contribution is 5.55. The van der Waals surface area contributed by atoms with E-state index in [-0.39, 0.29) is 23.0 Å². The Morgan fingerprint density at radius 3 is 2.04 bits per heavy atom. The van der Waals surface area contributed by atoms with Crippen molar-refractivity contribution < 1.29 is 44.5 Å². The fourth-order valence-electron chi connectivity index (χ4n) is 2.26. The maximum atomic E-state index is 9.99. The quantitative estimate of drug-likeness (QED) is 0.440. The zero-order valence-electron chi connectivity index (χ0n) is 12.6. The van der Waals surface area contributed by atoms with Crippen molar-refractivity contribution in [2.75, 3.05) is 20.8 Å². The molecule has 5 N–H and O–H groups in total. The van der Waals surface area contributed by atoms with E-state index in [1.54, 1.807) is 0 Å². The van der Waals surface area contributed by atoms with Crippen molar-refractivity contribution in [2.24, 2.45) is 0 Å². The van der Waals surface area contributed by atoms with E-state index < -0.39 is 37.3 Å². The van der Waals surface area contributed by atoms with Gasteiger partial charge in [-0.25, -0.2) is 0 Å². The lowest BCUT2D eigenvalue weighted by atomic mass is 9.99. The Hall–Kier alpha value is -1.78. The molecular weight excluding hydrogens is 312 g/mol. The fourth-order valence-corrected chi connectivity index (χ4v) is 2.26. The Morgan fingerprint density at radius 1 is 1.00 bits per heavy atom. The SMILES string of the molecule is COc1cc(O)cc(OC)c1O[C@@H]1O[C@@H](CO)[C@H](O)[C@@H](O)[C@@H]1O. The van der Waals surface area contributed by atoms with Crippen molar-refractivity contribution >= 4 is 0 Å². The molecule has 0 bridgehead atoms. The number of aliphatic hydroxyl groups is 4. The van der Waals surface area contributed by atoms with Gasteiger partial charge in [0, 0.05) is 12.1 Å². The Morgan fingerprint density at radius 2 is 1.57 bits per heavy atom. The predicted octanol–water partition coefficient (Wildman–Crippen LogP) is -1.41. The summed E-state index contributed by atoms with van der Waals surface area (Å²) in [5, 5.41) is 48.3. The minimum Gasteiger partial charge on any atom is -0.508 e. The second-order valence-corrected chi connectivity index (χ2v) is 4.99. The number of hydrogen-bond donors (Lipinski definition) is 5. The number of rotatable bonds is 5. The van der Waals surface area contributed by atoms with Gasteiger partial charge >= 0.3 is 0 Å². The van der Waals surface area contributed by atoms with Gasteiger partial charge in [-0.3, -0.25) is 0 Å². The molecule has 0 aliphatic carbocycles. The molecule has 1 fully saturated rings. The zero-order chi connectivity index (χ0) is 17.1. The van der Waals surface area contributed by atoms with Crippen LogP contribution >= 0.6 is 0 Å². The van der Waals surface area contributed by atoms with Crippen molar-refractivity contribution in [3.8, 4) is 23.0 Å². The molecule has 9 heteroatoms. The molecule has 0 radical (unpaired) electrons. The molecule has 1 heterocycles. The number of aliphatic hydroxyl groups excluding tert-OH is 4. The van der Waals surface area contributed by atoms with E-state index in [2.05, 4.69) is 0 Å². The van der Waals surface area contributed by atoms with Crippen molar-refractivity contribution in [1.29, 1.82) is 0 Å². The highest BCUT2D eigenvalue weighted by Crippen LogP contribution is 2.42. The summed E-state index contributed by atoms with van der Waals surface area (Å²) in [6.07, 6.45) is -7.13. The minimum absolute atomic E-state index is 0.0251. The largest absolute Gasteiger partial charge is 0.508 e. The van der Waals surface area contributed by atoms with Gasteiger partial charge in [-0.05, 0) is 0 Å².